The van der Waals surface area contributed by atoms with Gasteiger partial charge in [-0.1, -0.05) is 92.5 Å². The number of carbonyl (C=O) groups is 4. The van der Waals surface area contributed by atoms with Crippen LogP contribution in [0.5, 0.6) is 11.5 Å². The lowest BCUT2D eigenvalue weighted by molar-refractivity contribution is -0.141. The minimum absolute atomic E-state index is 0.213. The molecule has 0 aliphatic rings. The molecular weight excluding hydrogens is 958 g/mol. The number of halogens is 4. The normalized spacial score (nSPS) is 10.4. The number of esters is 1. The maximum absolute atomic E-state index is 15.5. The lowest BCUT2D eigenvalue weighted by Crippen LogP contribution is -2.34. The van der Waals surface area contributed by atoms with E-state index in [1.54, 1.807) is 67.6 Å². The van der Waals surface area contributed by atoms with Crippen LogP contribution in [0.1, 0.15) is 29.2 Å². The molecule has 6 aromatic carbocycles. The van der Waals surface area contributed by atoms with E-state index in [0.29, 0.717) is 69.1 Å². The molecule has 64 heavy (non-hydrogen) atoms. The van der Waals surface area contributed by atoms with Gasteiger partial charge in [0.05, 0.1) is 32.0 Å². The maximum atomic E-state index is 15.5. The minimum Gasteiger partial charge on any atom is -0.496 e. The number of carbonyl (C=O) groups excluding carboxylic acids is 3. The fourth-order valence-corrected chi connectivity index (χ4v) is 7.16. The second-order valence-corrected chi connectivity index (χ2v) is 15.6. The minimum atomic E-state index is -1.13. The smallest absolute Gasteiger partial charge is 0.325 e. The van der Waals surface area contributed by atoms with Crippen LogP contribution in [0.2, 0.25) is 0 Å². The summed E-state index contributed by atoms with van der Waals surface area (Å²) in [5.74, 6) is -1.42. The third-order valence-electron chi connectivity index (χ3n) is 9.35. The number of aliphatic carboxylic acids is 1. The Kier molecular flexibility index (Phi) is 17.8. The zero-order valence-electron chi connectivity index (χ0n) is 34.9. The van der Waals surface area contributed by atoms with Crippen LogP contribution in [0.25, 0.3) is 22.3 Å². The van der Waals surface area contributed by atoms with Gasteiger partial charge in [0, 0.05) is 33.2 Å². The van der Waals surface area contributed by atoms with Crippen LogP contribution in [-0.4, -0.2) is 63.0 Å². The summed E-state index contributed by atoms with van der Waals surface area (Å²) in [4.78, 5) is 45.3. The Morgan fingerprint density at radius 1 is 0.594 bits per heavy atom. The summed E-state index contributed by atoms with van der Waals surface area (Å²) in [7, 11) is 3.03. The zero-order chi connectivity index (χ0) is 46.2. The molecule has 332 valence electrons. The molecule has 0 aliphatic heterocycles. The fourth-order valence-electron chi connectivity index (χ4n) is 6.36. The molecule has 0 aromatic heterocycles. The van der Waals surface area contributed by atoms with Crippen molar-refractivity contribution in [3.63, 3.8) is 0 Å². The van der Waals surface area contributed by atoms with Crippen LogP contribution in [0.3, 0.4) is 0 Å². The molecule has 0 atom stereocenters. The van der Waals surface area contributed by atoms with Crippen molar-refractivity contribution in [3.8, 4) is 33.8 Å². The van der Waals surface area contributed by atoms with Gasteiger partial charge in [0.25, 0.3) is 0 Å². The highest BCUT2D eigenvalue weighted by Gasteiger charge is 2.19. The summed E-state index contributed by atoms with van der Waals surface area (Å²) >= 11 is 6.85. The molecule has 12 nitrogen and oxygen atoms in total. The summed E-state index contributed by atoms with van der Waals surface area (Å²) < 4.78 is 48.1. The van der Waals surface area contributed by atoms with Gasteiger partial charge in [0.1, 0.15) is 36.2 Å². The highest BCUT2D eigenvalue weighted by molar-refractivity contribution is 9.10. The van der Waals surface area contributed by atoms with Crippen molar-refractivity contribution < 1.29 is 47.3 Å². The number of methoxy groups -OCH3 is 2. The summed E-state index contributed by atoms with van der Waals surface area (Å²) in [6.45, 7) is 1.26. The Morgan fingerprint density at radius 3 is 1.39 bits per heavy atom. The average molecular weight is 1000 g/mol. The molecule has 0 bridgehead atoms. The van der Waals surface area contributed by atoms with Gasteiger partial charge < -0.3 is 40.6 Å². The van der Waals surface area contributed by atoms with E-state index in [2.05, 4.69) is 53.1 Å². The number of rotatable bonds is 15. The van der Waals surface area contributed by atoms with Gasteiger partial charge in [0.15, 0.2) is 0 Å². The molecule has 0 saturated heterocycles. The van der Waals surface area contributed by atoms with Crippen molar-refractivity contribution in [3.05, 3.63) is 164 Å². The first-order valence-electron chi connectivity index (χ1n) is 19.7. The predicted molar refractivity (Wildman–Crippen MR) is 249 cm³/mol. The third kappa shape index (κ3) is 13.9. The average Bonchev–Trinajstić information content (AvgIpc) is 3.27. The number of urea groups is 2. The summed E-state index contributed by atoms with van der Waals surface area (Å²) in [6, 6.07) is 34.5. The van der Waals surface area contributed by atoms with E-state index in [4.69, 9.17) is 19.3 Å². The van der Waals surface area contributed by atoms with E-state index in [0.717, 1.165) is 20.1 Å². The molecule has 16 heteroatoms. The molecule has 0 spiro atoms. The van der Waals surface area contributed by atoms with Crippen molar-refractivity contribution in [1.82, 2.24) is 10.6 Å². The first-order chi connectivity index (χ1) is 30.8. The SMILES string of the molecule is CCOC(=O)CNC(=O)Nc1ccc(Cc2ccc(OC)c(-c3cccc(Br)c3)c2F)cc1.COc1ccc(Cc2ccc(NC(=O)NCC(=O)O)cc2)c(F)c1-c1cccc(Br)c1. The Bertz CT molecular complexity index is 2600. The molecule has 0 heterocycles. The predicted octanol–water partition coefficient (Wildman–Crippen LogP) is 10.6. The van der Waals surface area contributed by atoms with Gasteiger partial charge in [-0.3, -0.25) is 9.59 Å². The summed E-state index contributed by atoms with van der Waals surface area (Å²) in [5.41, 5.74) is 6.03. The topological polar surface area (TPSA) is 164 Å². The Labute approximate surface area is 385 Å². The van der Waals surface area contributed by atoms with Gasteiger partial charge in [-0.15, -0.1) is 0 Å². The lowest BCUT2D eigenvalue weighted by Gasteiger charge is -2.14. The van der Waals surface area contributed by atoms with E-state index in [1.165, 1.54) is 14.2 Å². The van der Waals surface area contributed by atoms with Gasteiger partial charge in [-0.25, -0.2) is 18.4 Å². The molecular formula is C48H44Br2F2N4O8. The number of hydrogen-bond acceptors (Lipinski definition) is 7. The van der Waals surface area contributed by atoms with E-state index in [9.17, 15) is 19.2 Å². The van der Waals surface area contributed by atoms with Crippen LogP contribution < -0.4 is 30.7 Å². The maximum Gasteiger partial charge on any atom is 0.325 e. The molecule has 4 amide bonds. The van der Waals surface area contributed by atoms with Crippen molar-refractivity contribution >= 4 is 67.2 Å². The Morgan fingerprint density at radius 2 is 1.02 bits per heavy atom. The van der Waals surface area contributed by atoms with Crippen LogP contribution >= 0.6 is 31.9 Å². The van der Waals surface area contributed by atoms with Crippen molar-refractivity contribution in [2.45, 2.75) is 19.8 Å². The second kappa shape index (κ2) is 23.6. The van der Waals surface area contributed by atoms with Crippen molar-refractivity contribution in [1.29, 1.82) is 0 Å². The van der Waals surface area contributed by atoms with E-state index >= 15 is 8.78 Å². The van der Waals surface area contributed by atoms with Crippen LogP contribution in [0.4, 0.5) is 29.7 Å². The largest absolute Gasteiger partial charge is 0.496 e. The van der Waals surface area contributed by atoms with Crippen molar-refractivity contribution in [2.24, 2.45) is 0 Å². The number of benzene rings is 6. The van der Waals surface area contributed by atoms with Crippen molar-refractivity contribution in [2.75, 3.05) is 44.5 Å². The molecule has 0 unspecified atom stereocenters. The first kappa shape index (κ1) is 48.3. The zero-order valence-corrected chi connectivity index (χ0v) is 38.1. The number of carboxylic acids is 1. The van der Waals surface area contributed by atoms with Crippen LogP contribution in [0.15, 0.2) is 130 Å². The number of carboxylic acid groups (broad SMARTS) is 1. The second-order valence-electron chi connectivity index (χ2n) is 13.8. The highest BCUT2D eigenvalue weighted by Crippen LogP contribution is 2.37. The lowest BCUT2D eigenvalue weighted by atomic mass is 9.97. The standard InChI is InChI=1S/C25H24BrFN2O4.C23H20BrFN2O4/c1-3-33-22(30)15-28-25(31)29-20-10-7-16(8-11-20)13-18-9-12-21(32-2)23(24(18)27)17-5-4-6-19(26)14-17;1-31-19-10-7-16(22(25)21(19)15-3-2-4-17(24)12-15)11-14-5-8-18(9-6-14)27-23(30)26-13-20(28)29/h4-12,14H,3,13,15H2,1-2H3,(H2,28,29,31);2-10,12H,11,13H2,1H3,(H,28,29)(H2,26,27,30). The molecule has 0 fully saturated rings. The molecule has 0 saturated carbocycles. The summed E-state index contributed by atoms with van der Waals surface area (Å²) in [6.07, 6.45) is 0.717. The first-order valence-corrected chi connectivity index (χ1v) is 21.2. The van der Waals surface area contributed by atoms with E-state index in [1.807, 2.05) is 60.7 Å². The van der Waals surface area contributed by atoms with Gasteiger partial charge in [-0.2, -0.15) is 0 Å². The number of hydrogen-bond donors (Lipinski definition) is 5. The molecule has 0 aliphatic carbocycles. The molecule has 6 aromatic rings. The van der Waals surface area contributed by atoms with Crippen LogP contribution in [0, 0.1) is 11.6 Å². The summed E-state index contributed by atoms with van der Waals surface area (Å²) in [5, 5.41) is 18.4. The van der Waals surface area contributed by atoms with E-state index < -0.39 is 30.5 Å². The number of anilines is 2. The third-order valence-corrected chi connectivity index (χ3v) is 10.3. The monoisotopic (exact) mass is 1000 g/mol. The van der Waals surface area contributed by atoms with Gasteiger partial charge >= 0.3 is 24.0 Å². The number of nitrogens with one attached hydrogen (secondary N) is 4. The van der Waals surface area contributed by atoms with Gasteiger partial charge in [0.2, 0.25) is 0 Å². The molecule has 5 N–H and O–H groups in total. The highest BCUT2D eigenvalue weighted by atomic mass is 79.9. The number of ether oxygens (including phenoxy) is 3. The Hall–Kier alpha value is -6.78. The molecule has 6 rings (SSSR count). The van der Waals surface area contributed by atoms with Crippen LogP contribution in [-0.2, 0) is 27.2 Å². The fraction of sp³-hybridized carbons (Fsp3) is 0.167. The number of amides is 4. The van der Waals surface area contributed by atoms with Gasteiger partial charge in [-0.05, 0) is 101 Å². The Balaban J connectivity index is 0.000000241. The quantitative estimate of drug-likeness (QED) is 0.0635. The molecule has 0 radical (unpaired) electrons. The van der Waals surface area contributed by atoms with E-state index in [-0.39, 0.29) is 24.8 Å².